The number of aryl methyl sites for hydroxylation is 3. The highest BCUT2D eigenvalue weighted by atomic mass is 32.1. The first-order chi connectivity index (χ1) is 11.3. The van der Waals surface area contributed by atoms with Gasteiger partial charge in [-0.1, -0.05) is 25.1 Å². The summed E-state index contributed by atoms with van der Waals surface area (Å²) in [6.07, 6.45) is 1.77. The van der Waals surface area contributed by atoms with E-state index in [0.717, 1.165) is 29.0 Å². The van der Waals surface area contributed by atoms with E-state index in [4.69, 9.17) is 0 Å². The Morgan fingerprint density at radius 1 is 1.29 bits per heavy atom. The third-order valence-corrected chi connectivity index (χ3v) is 5.21. The van der Waals surface area contributed by atoms with Gasteiger partial charge in [0.25, 0.3) is 5.91 Å². The van der Waals surface area contributed by atoms with Crippen molar-refractivity contribution in [3.8, 4) is 0 Å². The summed E-state index contributed by atoms with van der Waals surface area (Å²) in [5.41, 5.74) is 3.11. The SMILES string of the molecule is CCCc1nc(C)c(C(=O)NC(C(=O)O)c2cccc(C)c2C)s1. The molecule has 1 heterocycles. The Morgan fingerprint density at radius 2 is 2.00 bits per heavy atom. The third kappa shape index (κ3) is 3.82. The zero-order valence-electron chi connectivity index (χ0n) is 14.3. The summed E-state index contributed by atoms with van der Waals surface area (Å²) >= 11 is 1.33. The quantitative estimate of drug-likeness (QED) is 0.838. The number of hydrogen-bond acceptors (Lipinski definition) is 4. The number of carboxylic acids is 1. The molecule has 0 aliphatic rings. The lowest BCUT2D eigenvalue weighted by Crippen LogP contribution is -2.34. The highest BCUT2D eigenvalue weighted by Crippen LogP contribution is 2.24. The number of aliphatic carboxylic acids is 1. The first-order valence-electron chi connectivity index (χ1n) is 7.91. The minimum absolute atomic E-state index is 0.388. The highest BCUT2D eigenvalue weighted by Gasteiger charge is 2.26. The van der Waals surface area contributed by atoms with Gasteiger partial charge in [-0.3, -0.25) is 4.79 Å². The first-order valence-corrected chi connectivity index (χ1v) is 8.72. The smallest absolute Gasteiger partial charge is 0.330 e. The molecule has 1 aromatic carbocycles. The number of hydrogen-bond donors (Lipinski definition) is 2. The van der Waals surface area contributed by atoms with Gasteiger partial charge in [0.05, 0.1) is 10.7 Å². The summed E-state index contributed by atoms with van der Waals surface area (Å²) in [7, 11) is 0. The second kappa shape index (κ2) is 7.57. The van der Waals surface area contributed by atoms with Crippen molar-refractivity contribution >= 4 is 23.2 Å². The highest BCUT2D eigenvalue weighted by molar-refractivity contribution is 7.13. The lowest BCUT2D eigenvalue weighted by Gasteiger charge is -2.18. The molecule has 1 atom stereocenters. The van der Waals surface area contributed by atoms with Gasteiger partial charge in [-0.15, -0.1) is 11.3 Å². The number of carbonyl (C=O) groups excluding carboxylic acids is 1. The Balaban J connectivity index is 2.30. The Kier molecular flexibility index (Phi) is 5.72. The van der Waals surface area contributed by atoms with Crippen molar-refractivity contribution in [3.05, 3.63) is 50.5 Å². The van der Waals surface area contributed by atoms with Gasteiger partial charge in [0, 0.05) is 0 Å². The Bertz CT molecular complexity index is 768. The fourth-order valence-corrected chi connectivity index (χ4v) is 3.61. The van der Waals surface area contributed by atoms with Gasteiger partial charge in [-0.05, 0) is 50.3 Å². The maximum absolute atomic E-state index is 12.6. The van der Waals surface area contributed by atoms with E-state index in [9.17, 15) is 14.7 Å². The van der Waals surface area contributed by atoms with Crippen LogP contribution in [0.3, 0.4) is 0 Å². The molecule has 1 aromatic heterocycles. The van der Waals surface area contributed by atoms with E-state index in [2.05, 4.69) is 17.2 Å². The number of carboxylic acid groups (broad SMARTS) is 1. The van der Waals surface area contributed by atoms with Crippen molar-refractivity contribution in [3.63, 3.8) is 0 Å². The number of carbonyl (C=O) groups is 2. The third-order valence-electron chi connectivity index (χ3n) is 3.99. The van der Waals surface area contributed by atoms with Crippen LogP contribution < -0.4 is 5.32 Å². The van der Waals surface area contributed by atoms with Crippen LogP contribution in [0.25, 0.3) is 0 Å². The molecule has 2 aromatic rings. The molecule has 5 nitrogen and oxygen atoms in total. The maximum Gasteiger partial charge on any atom is 0.330 e. The average molecular weight is 346 g/mol. The molecule has 0 aliphatic heterocycles. The molecular formula is C18H22N2O3S. The van der Waals surface area contributed by atoms with Crippen LogP contribution in [0, 0.1) is 20.8 Å². The molecule has 0 spiro atoms. The summed E-state index contributed by atoms with van der Waals surface area (Å²) < 4.78 is 0. The summed E-state index contributed by atoms with van der Waals surface area (Å²) in [5, 5.41) is 13.1. The summed E-state index contributed by atoms with van der Waals surface area (Å²) in [6.45, 7) is 7.61. The van der Waals surface area contributed by atoms with Crippen LogP contribution in [0.1, 0.15) is 56.4 Å². The Labute approximate surface area is 145 Å². The van der Waals surface area contributed by atoms with E-state index in [-0.39, 0.29) is 5.91 Å². The van der Waals surface area contributed by atoms with E-state index in [1.807, 2.05) is 19.9 Å². The van der Waals surface area contributed by atoms with Crippen LogP contribution in [-0.2, 0) is 11.2 Å². The van der Waals surface area contributed by atoms with Gasteiger partial charge >= 0.3 is 5.97 Å². The van der Waals surface area contributed by atoms with Crippen molar-refractivity contribution in [1.82, 2.24) is 10.3 Å². The van der Waals surface area contributed by atoms with Crippen LogP contribution in [0.15, 0.2) is 18.2 Å². The van der Waals surface area contributed by atoms with E-state index >= 15 is 0 Å². The number of aromatic nitrogens is 1. The monoisotopic (exact) mass is 346 g/mol. The largest absolute Gasteiger partial charge is 0.479 e. The molecule has 0 bridgehead atoms. The molecule has 1 unspecified atom stereocenters. The fourth-order valence-electron chi connectivity index (χ4n) is 2.54. The molecule has 0 radical (unpaired) electrons. The average Bonchev–Trinajstić information content (AvgIpc) is 2.89. The van der Waals surface area contributed by atoms with Crippen molar-refractivity contribution in [1.29, 1.82) is 0 Å². The molecule has 2 N–H and O–H groups in total. The molecule has 0 aliphatic carbocycles. The molecule has 128 valence electrons. The Morgan fingerprint density at radius 3 is 2.62 bits per heavy atom. The molecular weight excluding hydrogens is 324 g/mol. The topological polar surface area (TPSA) is 79.3 Å². The first kappa shape index (κ1) is 18.1. The lowest BCUT2D eigenvalue weighted by molar-refractivity contribution is -0.139. The van der Waals surface area contributed by atoms with Gasteiger partial charge in [0.2, 0.25) is 0 Å². The van der Waals surface area contributed by atoms with Crippen LogP contribution >= 0.6 is 11.3 Å². The zero-order valence-corrected chi connectivity index (χ0v) is 15.2. The lowest BCUT2D eigenvalue weighted by atomic mass is 9.97. The molecule has 0 saturated heterocycles. The number of benzene rings is 1. The second-order valence-corrected chi connectivity index (χ2v) is 6.89. The standard InChI is InChI=1S/C18H22N2O3S/c1-5-7-14-19-12(4)16(24-14)17(21)20-15(18(22)23)13-9-6-8-10(2)11(13)3/h6,8-9,15H,5,7H2,1-4H3,(H,20,21)(H,22,23). The predicted octanol–water partition coefficient (Wildman–Crippen LogP) is 3.58. The molecule has 2 rings (SSSR count). The predicted molar refractivity (Wildman–Crippen MR) is 94.6 cm³/mol. The van der Waals surface area contributed by atoms with Crippen molar-refractivity contribution in [2.75, 3.05) is 0 Å². The van der Waals surface area contributed by atoms with Gasteiger partial charge < -0.3 is 10.4 Å². The van der Waals surface area contributed by atoms with Crippen LogP contribution in [0.2, 0.25) is 0 Å². The molecule has 6 heteroatoms. The summed E-state index contributed by atoms with van der Waals surface area (Å²) in [5.74, 6) is -1.46. The van der Waals surface area contributed by atoms with Gasteiger partial charge in [-0.25, -0.2) is 9.78 Å². The molecule has 24 heavy (non-hydrogen) atoms. The fraction of sp³-hybridized carbons (Fsp3) is 0.389. The minimum Gasteiger partial charge on any atom is -0.479 e. The number of amides is 1. The van der Waals surface area contributed by atoms with E-state index in [1.165, 1.54) is 11.3 Å². The number of thiazole rings is 1. The zero-order chi connectivity index (χ0) is 17.9. The van der Waals surface area contributed by atoms with Crippen molar-refractivity contribution in [2.24, 2.45) is 0 Å². The van der Waals surface area contributed by atoms with Gasteiger partial charge in [-0.2, -0.15) is 0 Å². The van der Waals surface area contributed by atoms with Crippen molar-refractivity contribution < 1.29 is 14.7 Å². The maximum atomic E-state index is 12.6. The minimum atomic E-state index is -1.08. The summed E-state index contributed by atoms with van der Waals surface area (Å²) in [6, 6.07) is 4.39. The number of nitrogens with zero attached hydrogens (tertiary/aromatic N) is 1. The Hall–Kier alpha value is -2.21. The number of rotatable bonds is 6. The normalized spacial score (nSPS) is 12.0. The molecule has 0 saturated carbocycles. The van der Waals surface area contributed by atoms with E-state index in [1.54, 1.807) is 19.1 Å². The molecule has 1 amide bonds. The van der Waals surface area contributed by atoms with E-state index in [0.29, 0.717) is 16.1 Å². The van der Waals surface area contributed by atoms with Gasteiger partial charge in [0.15, 0.2) is 6.04 Å². The van der Waals surface area contributed by atoms with Crippen LogP contribution in [-0.4, -0.2) is 22.0 Å². The van der Waals surface area contributed by atoms with E-state index < -0.39 is 12.0 Å². The van der Waals surface area contributed by atoms with Crippen LogP contribution in [0.5, 0.6) is 0 Å². The second-order valence-electron chi connectivity index (χ2n) is 5.81. The molecule has 0 fully saturated rings. The van der Waals surface area contributed by atoms with Gasteiger partial charge in [0.1, 0.15) is 4.88 Å². The van der Waals surface area contributed by atoms with Crippen LogP contribution in [0.4, 0.5) is 0 Å². The summed E-state index contributed by atoms with van der Waals surface area (Å²) in [4.78, 5) is 29.1. The number of nitrogens with one attached hydrogen (secondary N) is 1. The van der Waals surface area contributed by atoms with Crippen molar-refractivity contribution in [2.45, 2.75) is 46.6 Å².